The van der Waals surface area contributed by atoms with Gasteiger partial charge in [0.05, 0.1) is 17.6 Å². The molecular formula is C15H16N2O4S. The molecule has 2 aromatic carbocycles. The third-order valence-corrected chi connectivity index (χ3v) is 3.96. The molecule has 2 rings (SSSR count). The molecule has 0 aliphatic carbocycles. The maximum atomic E-state index is 11.8. The van der Waals surface area contributed by atoms with Crippen molar-refractivity contribution in [1.29, 1.82) is 0 Å². The topological polar surface area (TPSA) is 98.5 Å². The Kier molecular flexibility index (Phi) is 4.79. The number of hydrogen-bond acceptors (Lipinski definition) is 5. The van der Waals surface area contributed by atoms with Gasteiger partial charge in [-0.05, 0) is 23.8 Å². The van der Waals surface area contributed by atoms with Gasteiger partial charge in [-0.2, -0.15) is 0 Å². The van der Waals surface area contributed by atoms with E-state index in [1.165, 1.54) is 25.3 Å². The highest BCUT2D eigenvalue weighted by Crippen LogP contribution is 2.21. The highest BCUT2D eigenvalue weighted by molar-refractivity contribution is 7.89. The van der Waals surface area contributed by atoms with Crippen molar-refractivity contribution in [1.82, 2.24) is 0 Å². The van der Waals surface area contributed by atoms with E-state index in [0.717, 1.165) is 5.56 Å². The lowest BCUT2D eigenvalue weighted by atomic mass is 10.1. The molecule has 0 aromatic heterocycles. The number of methoxy groups -OCH3 is 1. The van der Waals surface area contributed by atoms with Crippen LogP contribution in [0.4, 0.5) is 5.69 Å². The van der Waals surface area contributed by atoms with Gasteiger partial charge in [-0.3, -0.25) is 0 Å². The fourth-order valence-electron chi connectivity index (χ4n) is 1.93. The lowest BCUT2D eigenvalue weighted by Gasteiger charge is -2.12. The molecule has 0 fully saturated rings. The molecule has 0 spiro atoms. The number of ether oxygens (including phenoxy) is 1. The highest BCUT2D eigenvalue weighted by atomic mass is 32.2. The van der Waals surface area contributed by atoms with E-state index in [4.69, 9.17) is 5.14 Å². The number of esters is 1. The first-order valence-corrected chi connectivity index (χ1v) is 7.99. The number of carbonyl (C=O) groups excluding carboxylic acids is 1. The fraction of sp³-hybridized carbons (Fsp3) is 0.133. The molecule has 0 aliphatic rings. The van der Waals surface area contributed by atoms with Crippen LogP contribution in [-0.2, 0) is 21.3 Å². The molecule has 0 heterocycles. The summed E-state index contributed by atoms with van der Waals surface area (Å²) >= 11 is 0. The van der Waals surface area contributed by atoms with Crippen molar-refractivity contribution in [2.24, 2.45) is 5.14 Å². The van der Waals surface area contributed by atoms with Crippen LogP contribution in [0, 0.1) is 0 Å². The molecule has 7 heteroatoms. The monoisotopic (exact) mass is 320 g/mol. The zero-order chi connectivity index (χ0) is 16.2. The number of rotatable bonds is 5. The first-order valence-electron chi connectivity index (χ1n) is 6.45. The molecule has 2 aromatic rings. The second-order valence-electron chi connectivity index (χ2n) is 4.58. The summed E-state index contributed by atoms with van der Waals surface area (Å²) in [5.41, 5.74) is 1.61. The Hall–Kier alpha value is -2.38. The van der Waals surface area contributed by atoms with Crippen molar-refractivity contribution in [3.63, 3.8) is 0 Å². The van der Waals surface area contributed by atoms with Gasteiger partial charge in [0, 0.05) is 12.2 Å². The summed E-state index contributed by atoms with van der Waals surface area (Å²) in [6.45, 7) is 0.486. The van der Waals surface area contributed by atoms with Crippen molar-refractivity contribution in [2.45, 2.75) is 11.4 Å². The molecule has 0 aliphatic heterocycles. The van der Waals surface area contributed by atoms with Crippen LogP contribution in [0.15, 0.2) is 53.4 Å². The van der Waals surface area contributed by atoms with Gasteiger partial charge < -0.3 is 10.1 Å². The summed E-state index contributed by atoms with van der Waals surface area (Å²) in [7, 11) is -2.66. The minimum Gasteiger partial charge on any atom is -0.465 e. The molecule has 116 valence electrons. The lowest BCUT2D eigenvalue weighted by Crippen LogP contribution is -2.15. The van der Waals surface area contributed by atoms with Crippen LogP contribution in [0.25, 0.3) is 0 Å². The van der Waals surface area contributed by atoms with Crippen LogP contribution in [0.3, 0.4) is 0 Å². The lowest BCUT2D eigenvalue weighted by molar-refractivity contribution is 0.0601. The van der Waals surface area contributed by atoms with Gasteiger partial charge in [-0.15, -0.1) is 0 Å². The summed E-state index contributed by atoms with van der Waals surface area (Å²) in [5.74, 6) is -0.638. The highest BCUT2D eigenvalue weighted by Gasteiger charge is 2.17. The van der Waals surface area contributed by atoms with E-state index in [1.807, 2.05) is 30.3 Å². The van der Waals surface area contributed by atoms with Crippen LogP contribution in [0.5, 0.6) is 0 Å². The maximum absolute atomic E-state index is 11.8. The van der Waals surface area contributed by atoms with E-state index >= 15 is 0 Å². The summed E-state index contributed by atoms with van der Waals surface area (Å²) in [4.78, 5) is 11.7. The third kappa shape index (κ3) is 3.84. The molecule has 0 radical (unpaired) electrons. The molecule has 22 heavy (non-hydrogen) atoms. The van der Waals surface area contributed by atoms with E-state index in [2.05, 4.69) is 10.1 Å². The van der Waals surface area contributed by atoms with E-state index in [-0.39, 0.29) is 10.5 Å². The minimum absolute atomic E-state index is 0.116. The predicted octanol–water partition coefficient (Wildman–Crippen LogP) is 1.73. The SMILES string of the molecule is COC(=O)c1cc(S(N)(=O)=O)ccc1NCc1ccccc1. The van der Waals surface area contributed by atoms with Crippen molar-refractivity contribution in [2.75, 3.05) is 12.4 Å². The first kappa shape index (κ1) is 16.0. The van der Waals surface area contributed by atoms with Crippen LogP contribution >= 0.6 is 0 Å². The Morgan fingerprint density at radius 1 is 1.18 bits per heavy atom. The predicted molar refractivity (Wildman–Crippen MR) is 82.9 cm³/mol. The number of carbonyl (C=O) groups is 1. The van der Waals surface area contributed by atoms with Crippen molar-refractivity contribution >= 4 is 21.7 Å². The minimum atomic E-state index is -3.89. The second kappa shape index (κ2) is 6.59. The molecule has 0 atom stereocenters. The standard InChI is InChI=1S/C15H16N2O4S/c1-21-15(18)13-9-12(22(16,19)20)7-8-14(13)17-10-11-5-3-2-4-6-11/h2-9,17H,10H2,1H3,(H2,16,19,20). The summed E-state index contributed by atoms with van der Waals surface area (Å²) in [5, 5.41) is 8.17. The Labute approximate surface area is 129 Å². The van der Waals surface area contributed by atoms with Crippen molar-refractivity contribution < 1.29 is 17.9 Å². The summed E-state index contributed by atoms with van der Waals surface area (Å²) in [6, 6.07) is 13.6. The number of nitrogens with two attached hydrogens (primary N) is 1. The summed E-state index contributed by atoms with van der Waals surface area (Å²) < 4.78 is 27.5. The van der Waals surface area contributed by atoms with Crippen molar-refractivity contribution in [3.05, 3.63) is 59.7 Å². The average molecular weight is 320 g/mol. The molecule has 0 saturated heterocycles. The number of hydrogen-bond donors (Lipinski definition) is 2. The number of benzene rings is 2. The molecular weight excluding hydrogens is 304 g/mol. The Morgan fingerprint density at radius 2 is 1.86 bits per heavy atom. The van der Waals surface area contributed by atoms with Gasteiger partial charge in [-0.25, -0.2) is 18.4 Å². The smallest absolute Gasteiger partial charge is 0.340 e. The largest absolute Gasteiger partial charge is 0.465 e. The number of primary sulfonamides is 1. The third-order valence-electron chi connectivity index (χ3n) is 3.05. The quantitative estimate of drug-likeness (QED) is 0.818. The van der Waals surface area contributed by atoms with E-state index in [9.17, 15) is 13.2 Å². The fourth-order valence-corrected chi connectivity index (χ4v) is 2.47. The normalized spacial score (nSPS) is 11.0. The van der Waals surface area contributed by atoms with Crippen LogP contribution in [-0.4, -0.2) is 21.5 Å². The van der Waals surface area contributed by atoms with Gasteiger partial charge in [-0.1, -0.05) is 30.3 Å². The number of nitrogens with one attached hydrogen (secondary N) is 1. The molecule has 0 unspecified atom stereocenters. The second-order valence-corrected chi connectivity index (χ2v) is 6.14. The van der Waals surface area contributed by atoms with E-state index in [1.54, 1.807) is 0 Å². The number of anilines is 1. The van der Waals surface area contributed by atoms with Crippen LogP contribution in [0.2, 0.25) is 0 Å². The zero-order valence-corrected chi connectivity index (χ0v) is 12.8. The Bertz CT molecular complexity index is 773. The number of sulfonamides is 1. The van der Waals surface area contributed by atoms with Crippen molar-refractivity contribution in [3.8, 4) is 0 Å². The van der Waals surface area contributed by atoms with E-state index in [0.29, 0.717) is 12.2 Å². The Balaban J connectivity index is 2.32. The first-order chi connectivity index (χ1) is 10.4. The van der Waals surface area contributed by atoms with Gasteiger partial charge in [0.2, 0.25) is 10.0 Å². The summed E-state index contributed by atoms with van der Waals surface area (Å²) in [6.07, 6.45) is 0. The van der Waals surface area contributed by atoms with Gasteiger partial charge in [0.15, 0.2) is 0 Å². The molecule has 0 amide bonds. The zero-order valence-electron chi connectivity index (χ0n) is 11.9. The van der Waals surface area contributed by atoms with Gasteiger partial charge >= 0.3 is 5.97 Å². The molecule has 0 bridgehead atoms. The molecule has 3 N–H and O–H groups in total. The van der Waals surface area contributed by atoms with Crippen LogP contribution < -0.4 is 10.5 Å². The van der Waals surface area contributed by atoms with Gasteiger partial charge in [0.25, 0.3) is 0 Å². The van der Waals surface area contributed by atoms with Crippen LogP contribution in [0.1, 0.15) is 15.9 Å². The molecule has 0 saturated carbocycles. The maximum Gasteiger partial charge on any atom is 0.340 e. The van der Waals surface area contributed by atoms with Gasteiger partial charge in [0.1, 0.15) is 0 Å². The molecule has 6 nitrogen and oxygen atoms in total. The Morgan fingerprint density at radius 3 is 2.45 bits per heavy atom. The average Bonchev–Trinajstić information content (AvgIpc) is 2.52. The van der Waals surface area contributed by atoms with E-state index < -0.39 is 16.0 Å².